The summed E-state index contributed by atoms with van der Waals surface area (Å²) in [6.07, 6.45) is 0. The van der Waals surface area contributed by atoms with Crippen molar-refractivity contribution in [3.63, 3.8) is 0 Å². The number of para-hydroxylation sites is 1. The van der Waals surface area contributed by atoms with Crippen LogP contribution in [0.3, 0.4) is 0 Å². The molecule has 0 bridgehead atoms. The molecule has 2 rings (SSSR count). The van der Waals surface area contributed by atoms with Gasteiger partial charge >= 0.3 is 0 Å². The summed E-state index contributed by atoms with van der Waals surface area (Å²) < 4.78 is 0.954. The van der Waals surface area contributed by atoms with E-state index in [1.807, 2.05) is 48.5 Å². The Hall–Kier alpha value is -1.03. The molecule has 0 aliphatic heterocycles. The van der Waals surface area contributed by atoms with Crippen LogP contribution in [0.4, 0.5) is 5.69 Å². The molecule has 2 N–H and O–H groups in total. The first-order valence-corrected chi connectivity index (χ1v) is 6.76. The standard InChI is InChI=1S/C14H13BrClNO/c15-11-6-2-4-8-13(11)17-14(9-18)10-5-1-3-7-12(10)16/h1-8,14,17-18H,9H2. The van der Waals surface area contributed by atoms with Gasteiger partial charge in [-0.3, -0.25) is 0 Å². The van der Waals surface area contributed by atoms with Crippen molar-refractivity contribution >= 4 is 33.2 Å². The molecule has 0 radical (unpaired) electrons. The number of aliphatic hydroxyl groups is 1. The molecule has 0 aliphatic rings. The normalized spacial score (nSPS) is 12.2. The molecule has 0 aliphatic carbocycles. The van der Waals surface area contributed by atoms with Crippen molar-refractivity contribution in [1.82, 2.24) is 0 Å². The van der Waals surface area contributed by atoms with Crippen molar-refractivity contribution in [2.45, 2.75) is 6.04 Å². The van der Waals surface area contributed by atoms with Crippen LogP contribution in [0, 0.1) is 0 Å². The molecule has 0 fully saturated rings. The molecule has 0 spiro atoms. The Labute approximate surface area is 120 Å². The first-order chi connectivity index (χ1) is 8.72. The maximum Gasteiger partial charge on any atom is 0.0759 e. The Kier molecular flexibility index (Phi) is 4.64. The van der Waals surface area contributed by atoms with E-state index in [9.17, 15) is 5.11 Å². The minimum atomic E-state index is -0.225. The summed E-state index contributed by atoms with van der Waals surface area (Å²) in [6, 6.07) is 15.1. The molecule has 0 saturated carbocycles. The maximum atomic E-state index is 9.52. The van der Waals surface area contributed by atoms with Crippen LogP contribution < -0.4 is 5.32 Å². The lowest BCUT2D eigenvalue weighted by atomic mass is 10.1. The third kappa shape index (κ3) is 3.05. The van der Waals surface area contributed by atoms with E-state index in [0.29, 0.717) is 5.02 Å². The highest BCUT2D eigenvalue weighted by molar-refractivity contribution is 9.10. The molecule has 2 nitrogen and oxygen atoms in total. The van der Waals surface area contributed by atoms with Crippen LogP contribution in [-0.2, 0) is 0 Å². The van der Waals surface area contributed by atoms with E-state index in [0.717, 1.165) is 15.7 Å². The Balaban J connectivity index is 2.26. The molecular weight excluding hydrogens is 314 g/mol. The third-order valence-corrected chi connectivity index (χ3v) is 3.70. The molecule has 2 aromatic rings. The number of nitrogens with one attached hydrogen (secondary N) is 1. The summed E-state index contributed by atoms with van der Waals surface area (Å²) >= 11 is 9.61. The first-order valence-electron chi connectivity index (χ1n) is 5.58. The molecule has 0 heterocycles. The molecule has 0 aromatic heterocycles. The topological polar surface area (TPSA) is 32.3 Å². The summed E-state index contributed by atoms with van der Waals surface area (Å²) in [6.45, 7) is -0.0228. The number of benzene rings is 2. The van der Waals surface area contributed by atoms with Crippen LogP contribution in [0.1, 0.15) is 11.6 Å². The highest BCUT2D eigenvalue weighted by Gasteiger charge is 2.14. The van der Waals surface area contributed by atoms with Crippen molar-refractivity contribution in [3.05, 3.63) is 63.6 Å². The molecular formula is C14H13BrClNO. The maximum absolute atomic E-state index is 9.52. The second-order valence-electron chi connectivity index (χ2n) is 3.88. The third-order valence-electron chi connectivity index (χ3n) is 2.67. The largest absolute Gasteiger partial charge is 0.394 e. The Bertz CT molecular complexity index is 533. The van der Waals surface area contributed by atoms with E-state index in [2.05, 4.69) is 21.2 Å². The Morgan fingerprint density at radius 3 is 2.44 bits per heavy atom. The molecule has 0 amide bonds. The second kappa shape index (κ2) is 6.23. The number of halogens is 2. The fourth-order valence-electron chi connectivity index (χ4n) is 1.75. The SMILES string of the molecule is OCC(Nc1ccccc1Br)c1ccccc1Cl. The van der Waals surface area contributed by atoms with Gasteiger partial charge in [-0.25, -0.2) is 0 Å². The van der Waals surface area contributed by atoms with Crippen LogP contribution in [-0.4, -0.2) is 11.7 Å². The van der Waals surface area contributed by atoms with Gasteiger partial charge in [0.05, 0.1) is 12.6 Å². The molecule has 4 heteroatoms. The molecule has 1 atom stereocenters. The minimum absolute atomic E-state index is 0.0228. The summed E-state index contributed by atoms with van der Waals surface area (Å²) in [5, 5.41) is 13.4. The minimum Gasteiger partial charge on any atom is -0.394 e. The number of hydrogen-bond donors (Lipinski definition) is 2. The average Bonchev–Trinajstić information content (AvgIpc) is 2.39. The Morgan fingerprint density at radius 1 is 1.11 bits per heavy atom. The zero-order chi connectivity index (χ0) is 13.0. The van der Waals surface area contributed by atoms with Gasteiger partial charge in [-0.15, -0.1) is 0 Å². The van der Waals surface area contributed by atoms with Gasteiger partial charge in [0, 0.05) is 15.2 Å². The molecule has 94 valence electrons. The van der Waals surface area contributed by atoms with Crippen molar-refractivity contribution in [1.29, 1.82) is 0 Å². The van der Waals surface area contributed by atoms with Crippen LogP contribution in [0.15, 0.2) is 53.0 Å². The fourth-order valence-corrected chi connectivity index (χ4v) is 2.41. The van der Waals surface area contributed by atoms with Crippen LogP contribution in [0.2, 0.25) is 5.02 Å². The summed E-state index contributed by atoms with van der Waals surface area (Å²) in [5.41, 5.74) is 1.81. The molecule has 0 saturated heterocycles. The summed E-state index contributed by atoms with van der Waals surface area (Å²) in [5.74, 6) is 0. The van der Waals surface area contributed by atoms with E-state index in [1.54, 1.807) is 0 Å². The predicted octanol–water partition coefficient (Wildman–Crippen LogP) is 4.25. The zero-order valence-corrected chi connectivity index (χ0v) is 11.9. The molecule has 1 unspecified atom stereocenters. The van der Waals surface area contributed by atoms with E-state index in [-0.39, 0.29) is 12.6 Å². The van der Waals surface area contributed by atoms with Crippen molar-refractivity contribution < 1.29 is 5.11 Å². The van der Waals surface area contributed by atoms with Crippen LogP contribution >= 0.6 is 27.5 Å². The van der Waals surface area contributed by atoms with Crippen molar-refractivity contribution in [2.24, 2.45) is 0 Å². The van der Waals surface area contributed by atoms with Gasteiger partial charge in [0.2, 0.25) is 0 Å². The number of anilines is 1. The van der Waals surface area contributed by atoms with Gasteiger partial charge < -0.3 is 10.4 Å². The highest BCUT2D eigenvalue weighted by atomic mass is 79.9. The van der Waals surface area contributed by atoms with Gasteiger partial charge in [0.15, 0.2) is 0 Å². The van der Waals surface area contributed by atoms with E-state index < -0.39 is 0 Å². The van der Waals surface area contributed by atoms with E-state index in [4.69, 9.17) is 11.6 Å². The number of hydrogen-bond acceptors (Lipinski definition) is 2. The summed E-state index contributed by atoms with van der Waals surface area (Å²) in [7, 11) is 0. The van der Waals surface area contributed by atoms with Gasteiger partial charge in [0.1, 0.15) is 0 Å². The smallest absolute Gasteiger partial charge is 0.0759 e. The zero-order valence-electron chi connectivity index (χ0n) is 9.61. The molecule has 18 heavy (non-hydrogen) atoms. The first kappa shape index (κ1) is 13.4. The lowest BCUT2D eigenvalue weighted by molar-refractivity contribution is 0.276. The van der Waals surface area contributed by atoms with Gasteiger partial charge in [-0.2, -0.15) is 0 Å². The monoisotopic (exact) mass is 325 g/mol. The van der Waals surface area contributed by atoms with Gasteiger partial charge in [-0.05, 0) is 39.7 Å². The van der Waals surface area contributed by atoms with E-state index in [1.165, 1.54) is 0 Å². The Morgan fingerprint density at radius 2 is 1.78 bits per heavy atom. The van der Waals surface area contributed by atoms with Gasteiger partial charge in [-0.1, -0.05) is 41.9 Å². The predicted molar refractivity (Wildman–Crippen MR) is 79.0 cm³/mol. The number of rotatable bonds is 4. The fraction of sp³-hybridized carbons (Fsp3) is 0.143. The summed E-state index contributed by atoms with van der Waals surface area (Å²) in [4.78, 5) is 0. The van der Waals surface area contributed by atoms with E-state index >= 15 is 0 Å². The molecule has 2 aromatic carbocycles. The van der Waals surface area contributed by atoms with Crippen molar-refractivity contribution in [2.75, 3.05) is 11.9 Å². The van der Waals surface area contributed by atoms with Crippen LogP contribution in [0.25, 0.3) is 0 Å². The highest BCUT2D eigenvalue weighted by Crippen LogP contribution is 2.29. The lowest BCUT2D eigenvalue weighted by Crippen LogP contribution is -2.15. The van der Waals surface area contributed by atoms with Crippen LogP contribution in [0.5, 0.6) is 0 Å². The second-order valence-corrected chi connectivity index (χ2v) is 5.14. The van der Waals surface area contributed by atoms with Gasteiger partial charge in [0.25, 0.3) is 0 Å². The number of aliphatic hydroxyl groups excluding tert-OH is 1. The lowest BCUT2D eigenvalue weighted by Gasteiger charge is -2.20. The quantitative estimate of drug-likeness (QED) is 0.880. The average molecular weight is 327 g/mol. The van der Waals surface area contributed by atoms with Crippen molar-refractivity contribution in [3.8, 4) is 0 Å².